The maximum absolute atomic E-state index is 12.5. The molecule has 3 rings (SSSR count). The SMILES string of the molecule is CC1CC(C)CC(NC(=O)C2CCc3ccccc3N2)C1. The van der Waals surface area contributed by atoms with Crippen LogP contribution in [0.4, 0.5) is 5.69 Å². The minimum absolute atomic E-state index is 0.0764. The molecule has 3 nitrogen and oxygen atoms in total. The molecule has 114 valence electrons. The Morgan fingerprint density at radius 3 is 2.62 bits per heavy atom. The zero-order chi connectivity index (χ0) is 14.8. The fourth-order valence-corrected chi connectivity index (χ4v) is 4.00. The average molecular weight is 286 g/mol. The number of nitrogens with one attached hydrogen (secondary N) is 2. The number of carbonyl (C=O) groups excluding carboxylic acids is 1. The highest BCUT2D eigenvalue weighted by Gasteiger charge is 2.29. The number of benzene rings is 1. The first-order valence-corrected chi connectivity index (χ1v) is 8.26. The first kappa shape index (κ1) is 14.4. The van der Waals surface area contributed by atoms with E-state index in [1.807, 2.05) is 6.07 Å². The molecule has 1 aromatic carbocycles. The summed E-state index contributed by atoms with van der Waals surface area (Å²) in [6.45, 7) is 4.59. The molecule has 0 radical (unpaired) electrons. The van der Waals surface area contributed by atoms with Gasteiger partial charge in [-0.3, -0.25) is 4.79 Å². The minimum Gasteiger partial charge on any atom is -0.373 e. The van der Waals surface area contributed by atoms with Gasteiger partial charge in [0.1, 0.15) is 6.04 Å². The fraction of sp³-hybridized carbons (Fsp3) is 0.611. The van der Waals surface area contributed by atoms with Gasteiger partial charge in [-0.2, -0.15) is 0 Å². The monoisotopic (exact) mass is 286 g/mol. The Bertz CT molecular complexity index is 504. The summed E-state index contributed by atoms with van der Waals surface area (Å²) in [5.41, 5.74) is 2.44. The molecule has 0 bridgehead atoms. The van der Waals surface area contributed by atoms with E-state index in [1.54, 1.807) is 0 Å². The molecule has 1 fully saturated rings. The smallest absolute Gasteiger partial charge is 0.242 e. The van der Waals surface area contributed by atoms with Crippen LogP contribution in [0.15, 0.2) is 24.3 Å². The maximum atomic E-state index is 12.5. The molecular weight excluding hydrogens is 260 g/mol. The first-order chi connectivity index (χ1) is 10.1. The highest BCUT2D eigenvalue weighted by molar-refractivity contribution is 5.85. The van der Waals surface area contributed by atoms with Crippen LogP contribution in [-0.4, -0.2) is 18.0 Å². The van der Waals surface area contributed by atoms with Gasteiger partial charge in [0, 0.05) is 11.7 Å². The van der Waals surface area contributed by atoms with Crippen molar-refractivity contribution in [3.63, 3.8) is 0 Å². The van der Waals surface area contributed by atoms with Crippen molar-refractivity contribution in [2.75, 3.05) is 5.32 Å². The summed E-state index contributed by atoms with van der Waals surface area (Å²) < 4.78 is 0. The molecule has 3 heteroatoms. The second kappa shape index (κ2) is 6.08. The number of anilines is 1. The average Bonchev–Trinajstić information content (AvgIpc) is 2.45. The topological polar surface area (TPSA) is 41.1 Å². The Balaban J connectivity index is 1.59. The molecule has 1 heterocycles. The van der Waals surface area contributed by atoms with Crippen molar-refractivity contribution in [2.24, 2.45) is 11.8 Å². The van der Waals surface area contributed by atoms with Crippen molar-refractivity contribution in [3.05, 3.63) is 29.8 Å². The van der Waals surface area contributed by atoms with Gasteiger partial charge in [0.05, 0.1) is 0 Å². The van der Waals surface area contributed by atoms with Crippen molar-refractivity contribution in [1.29, 1.82) is 0 Å². The van der Waals surface area contributed by atoms with Crippen LogP contribution in [0.1, 0.15) is 45.1 Å². The highest BCUT2D eigenvalue weighted by atomic mass is 16.2. The van der Waals surface area contributed by atoms with E-state index < -0.39 is 0 Å². The van der Waals surface area contributed by atoms with E-state index in [0.717, 1.165) is 43.2 Å². The molecular formula is C18H26N2O. The van der Waals surface area contributed by atoms with Gasteiger partial charge in [-0.05, 0) is 55.6 Å². The van der Waals surface area contributed by atoms with Crippen LogP contribution in [0.5, 0.6) is 0 Å². The standard InChI is InChI=1S/C18H26N2O/c1-12-9-13(2)11-15(10-12)19-18(21)17-8-7-14-5-3-4-6-16(14)20-17/h3-6,12-13,15,17,20H,7-11H2,1-2H3,(H,19,21). The van der Waals surface area contributed by atoms with Gasteiger partial charge in [-0.1, -0.05) is 32.0 Å². The zero-order valence-electron chi connectivity index (χ0n) is 13.1. The van der Waals surface area contributed by atoms with Crippen LogP contribution in [0.2, 0.25) is 0 Å². The molecule has 1 aliphatic heterocycles. The van der Waals surface area contributed by atoms with Gasteiger partial charge in [0.2, 0.25) is 5.91 Å². The fourth-order valence-electron chi connectivity index (χ4n) is 4.00. The summed E-state index contributed by atoms with van der Waals surface area (Å²) in [6.07, 6.45) is 5.42. The summed E-state index contributed by atoms with van der Waals surface area (Å²) in [6, 6.07) is 8.57. The third-order valence-electron chi connectivity index (χ3n) is 4.89. The van der Waals surface area contributed by atoms with Crippen molar-refractivity contribution < 1.29 is 4.79 Å². The number of hydrogen-bond donors (Lipinski definition) is 2. The second-order valence-electron chi connectivity index (χ2n) is 7.02. The van der Waals surface area contributed by atoms with Crippen molar-refractivity contribution in [3.8, 4) is 0 Å². The third-order valence-corrected chi connectivity index (χ3v) is 4.89. The number of rotatable bonds is 2. The van der Waals surface area contributed by atoms with Gasteiger partial charge in [-0.25, -0.2) is 0 Å². The quantitative estimate of drug-likeness (QED) is 0.875. The minimum atomic E-state index is -0.0764. The second-order valence-corrected chi connectivity index (χ2v) is 7.02. The summed E-state index contributed by atoms with van der Waals surface area (Å²) in [4.78, 5) is 12.5. The predicted octanol–water partition coefficient (Wildman–Crippen LogP) is 3.35. The molecule has 1 aromatic rings. The van der Waals surface area contributed by atoms with Crippen LogP contribution in [0.3, 0.4) is 0 Å². The zero-order valence-corrected chi connectivity index (χ0v) is 13.1. The van der Waals surface area contributed by atoms with Gasteiger partial charge in [0.25, 0.3) is 0 Å². The molecule has 2 N–H and O–H groups in total. The van der Waals surface area contributed by atoms with Gasteiger partial charge in [0.15, 0.2) is 0 Å². The summed E-state index contributed by atoms with van der Waals surface area (Å²) in [7, 11) is 0. The van der Waals surface area contributed by atoms with Crippen molar-refractivity contribution in [2.45, 2.75) is 58.0 Å². The van der Waals surface area contributed by atoms with Crippen LogP contribution < -0.4 is 10.6 Å². The lowest BCUT2D eigenvalue weighted by Crippen LogP contribution is -2.48. The van der Waals surface area contributed by atoms with Gasteiger partial charge in [-0.15, -0.1) is 0 Å². The maximum Gasteiger partial charge on any atom is 0.242 e. The van der Waals surface area contributed by atoms with E-state index in [0.29, 0.717) is 6.04 Å². The Kier molecular flexibility index (Phi) is 4.18. The van der Waals surface area contributed by atoms with Crippen molar-refractivity contribution in [1.82, 2.24) is 5.32 Å². The molecule has 1 amide bonds. The van der Waals surface area contributed by atoms with Crippen LogP contribution in [0, 0.1) is 11.8 Å². The lowest BCUT2D eigenvalue weighted by molar-refractivity contribution is -0.123. The van der Waals surface area contributed by atoms with Crippen LogP contribution in [-0.2, 0) is 11.2 Å². The van der Waals surface area contributed by atoms with Crippen molar-refractivity contribution >= 4 is 11.6 Å². The molecule has 0 spiro atoms. The highest BCUT2D eigenvalue weighted by Crippen LogP contribution is 2.29. The van der Waals surface area contributed by atoms with Crippen LogP contribution in [0.25, 0.3) is 0 Å². The number of amides is 1. The Hall–Kier alpha value is -1.51. The molecule has 2 aliphatic rings. The summed E-state index contributed by atoms with van der Waals surface area (Å²) >= 11 is 0. The first-order valence-electron chi connectivity index (χ1n) is 8.26. The van der Waals surface area contributed by atoms with E-state index in [2.05, 4.69) is 42.7 Å². The molecule has 3 atom stereocenters. The molecule has 0 saturated heterocycles. The summed E-state index contributed by atoms with van der Waals surface area (Å²) in [5, 5.41) is 6.68. The number of carbonyl (C=O) groups is 1. The predicted molar refractivity (Wildman–Crippen MR) is 86.3 cm³/mol. The molecule has 0 aromatic heterocycles. The number of fused-ring (bicyclic) bond motifs is 1. The van der Waals surface area contributed by atoms with Gasteiger partial charge >= 0.3 is 0 Å². The molecule has 3 unspecified atom stereocenters. The van der Waals surface area contributed by atoms with E-state index in [1.165, 1.54) is 12.0 Å². The lowest BCUT2D eigenvalue weighted by Gasteiger charge is -2.34. The van der Waals surface area contributed by atoms with Crippen LogP contribution >= 0.6 is 0 Å². The molecule has 1 aliphatic carbocycles. The molecule has 1 saturated carbocycles. The van der Waals surface area contributed by atoms with E-state index >= 15 is 0 Å². The third kappa shape index (κ3) is 3.39. The number of aryl methyl sites for hydroxylation is 1. The Morgan fingerprint density at radius 2 is 1.86 bits per heavy atom. The van der Waals surface area contributed by atoms with Gasteiger partial charge < -0.3 is 10.6 Å². The van der Waals surface area contributed by atoms with E-state index in [4.69, 9.17) is 0 Å². The van der Waals surface area contributed by atoms with E-state index in [9.17, 15) is 4.79 Å². The Labute approximate surface area is 127 Å². The Morgan fingerprint density at radius 1 is 1.14 bits per heavy atom. The van der Waals surface area contributed by atoms with E-state index in [-0.39, 0.29) is 11.9 Å². The number of para-hydroxylation sites is 1. The largest absolute Gasteiger partial charge is 0.373 e. The normalized spacial score (nSPS) is 31.9. The summed E-state index contributed by atoms with van der Waals surface area (Å²) in [5.74, 6) is 1.62. The molecule has 21 heavy (non-hydrogen) atoms. The number of hydrogen-bond acceptors (Lipinski definition) is 2. The lowest BCUT2D eigenvalue weighted by atomic mass is 9.80.